The molecule has 1 aromatic carbocycles. The number of H-pyrrole nitrogens is 1. The molecular formula is C14H17N3S. The van der Waals surface area contributed by atoms with Crippen LogP contribution in [0.5, 0.6) is 0 Å². The van der Waals surface area contributed by atoms with E-state index in [0.29, 0.717) is 12.0 Å². The van der Waals surface area contributed by atoms with E-state index in [1.165, 1.54) is 18.4 Å². The molecule has 1 fully saturated rings. The summed E-state index contributed by atoms with van der Waals surface area (Å²) >= 11 is 5.41. The van der Waals surface area contributed by atoms with Crippen LogP contribution in [0.4, 0.5) is 0 Å². The molecule has 0 radical (unpaired) electrons. The lowest BCUT2D eigenvalue weighted by Crippen LogP contribution is -2.13. The van der Waals surface area contributed by atoms with E-state index in [-0.39, 0.29) is 0 Å². The van der Waals surface area contributed by atoms with Gasteiger partial charge in [-0.1, -0.05) is 37.3 Å². The summed E-state index contributed by atoms with van der Waals surface area (Å²) in [7, 11) is 0. The lowest BCUT2D eigenvalue weighted by Gasteiger charge is -2.19. The minimum Gasteiger partial charge on any atom is -0.296 e. The van der Waals surface area contributed by atoms with Gasteiger partial charge in [0.1, 0.15) is 5.82 Å². The molecule has 3 nitrogen and oxygen atoms in total. The zero-order valence-corrected chi connectivity index (χ0v) is 11.3. The van der Waals surface area contributed by atoms with Crippen molar-refractivity contribution in [2.75, 3.05) is 0 Å². The predicted octanol–water partition coefficient (Wildman–Crippen LogP) is 3.82. The molecule has 1 N–H and O–H groups in total. The molecule has 18 heavy (non-hydrogen) atoms. The van der Waals surface area contributed by atoms with E-state index in [9.17, 15) is 0 Å². The molecule has 0 aliphatic heterocycles. The van der Waals surface area contributed by atoms with Crippen molar-refractivity contribution < 1.29 is 0 Å². The number of hydrogen-bond acceptors (Lipinski definition) is 2. The standard InChI is InChI=1S/C14H17N3S/c1-2-12(10-6-4-3-5-7-10)17-13(11-8-9-11)15-16-14(17)18/h3-7,11-12H,2,8-9H2,1H3,(H,16,18). The Bertz CT molecular complexity index is 581. The number of benzene rings is 1. The Kier molecular flexibility index (Phi) is 3.04. The third-order valence-electron chi connectivity index (χ3n) is 3.56. The minimum absolute atomic E-state index is 0.299. The normalized spacial score (nSPS) is 16.7. The topological polar surface area (TPSA) is 33.6 Å². The summed E-state index contributed by atoms with van der Waals surface area (Å²) in [6, 6.07) is 10.8. The maximum Gasteiger partial charge on any atom is 0.195 e. The summed E-state index contributed by atoms with van der Waals surface area (Å²) in [5.41, 5.74) is 1.31. The first kappa shape index (κ1) is 11.7. The van der Waals surface area contributed by atoms with Gasteiger partial charge in [0.25, 0.3) is 0 Å². The van der Waals surface area contributed by atoms with Crippen LogP contribution in [-0.2, 0) is 0 Å². The molecule has 1 aliphatic carbocycles. The van der Waals surface area contributed by atoms with Crippen molar-refractivity contribution in [2.45, 2.75) is 38.1 Å². The molecule has 1 saturated carbocycles. The smallest absolute Gasteiger partial charge is 0.195 e. The largest absolute Gasteiger partial charge is 0.296 e. The molecule has 1 heterocycles. The molecule has 1 aliphatic rings. The van der Waals surface area contributed by atoms with Crippen LogP contribution < -0.4 is 0 Å². The second kappa shape index (κ2) is 4.69. The van der Waals surface area contributed by atoms with Crippen molar-refractivity contribution in [3.05, 3.63) is 46.5 Å². The summed E-state index contributed by atoms with van der Waals surface area (Å²) in [5.74, 6) is 1.74. The Hall–Kier alpha value is -1.42. The number of hydrogen-bond donors (Lipinski definition) is 1. The van der Waals surface area contributed by atoms with Gasteiger partial charge in [-0.25, -0.2) is 0 Å². The molecule has 0 amide bonds. The van der Waals surface area contributed by atoms with Crippen LogP contribution in [-0.4, -0.2) is 14.8 Å². The molecule has 4 heteroatoms. The molecule has 2 aromatic rings. The average Bonchev–Trinajstić information content (AvgIpc) is 3.18. The molecule has 0 spiro atoms. The van der Waals surface area contributed by atoms with Crippen molar-refractivity contribution in [1.29, 1.82) is 0 Å². The number of aromatic nitrogens is 3. The van der Waals surface area contributed by atoms with E-state index in [1.54, 1.807) is 0 Å². The zero-order valence-electron chi connectivity index (χ0n) is 10.5. The van der Waals surface area contributed by atoms with Gasteiger partial charge < -0.3 is 0 Å². The summed E-state index contributed by atoms with van der Waals surface area (Å²) in [5, 5.41) is 7.38. The summed E-state index contributed by atoms with van der Waals surface area (Å²) < 4.78 is 2.95. The van der Waals surface area contributed by atoms with E-state index in [1.807, 2.05) is 6.07 Å². The second-order valence-electron chi connectivity index (χ2n) is 4.87. The molecule has 94 valence electrons. The summed E-state index contributed by atoms with van der Waals surface area (Å²) in [4.78, 5) is 0. The fourth-order valence-corrected chi connectivity index (χ4v) is 2.76. The molecule has 3 rings (SSSR count). The quantitative estimate of drug-likeness (QED) is 0.847. The summed E-state index contributed by atoms with van der Waals surface area (Å²) in [6.07, 6.45) is 3.51. The second-order valence-corrected chi connectivity index (χ2v) is 5.25. The van der Waals surface area contributed by atoms with Gasteiger partial charge in [0.2, 0.25) is 0 Å². The van der Waals surface area contributed by atoms with Crippen LogP contribution in [0.25, 0.3) is 0 Å². The minimum atomic E-state index is 0.299. The van der Waals surface area contributed by atoms with Crippen molar-refractivity contribution in [2.24, 2.45) is 0 Å². The van der Waals surface area contributed by atoms with E-state index >= 15 is 0 Å². The van der Waals surface area contributed by atoms with Gasteiger partial charge in [0, 0.05) is 5.92 Å². The Labute approximate surface area is 112 Å². The molecule has 0 bridgehead atoms. The lowest BCUT2D eigenvalue weighted by molar-refractivity contribution is 0.536. The van der Waals surface area contributed by atoms with Crippen molar-refractivity contribution in [3.8, 4) is 0 Å². The first-order valence-electron chi connectivity index (χ1n) is 6.53. The molecule has 1 unspecified atom stereocenters. The first-order valence-corrected chi connectivity index (χ1v) is 6.93. The van der Waals surface area contributed by atoms with Crippen LogP contribution >= 0.6 is 12.2 Å². The molecule has 0 saturated heterocycles. The summed E-state index contributed by atoms with van der Waals surface area (Å²) in [6.45, 7) is 2.20. The first-order chi connectivity index (χ1) is 8.81. The highest BCUT2D eigenvalue weighted by Crippen LogP contribution is 2.40. The number of rotatable bonds is 4. The third-order valence-corrected chi connectivity index (χ3v) is 3.84. The Morgan fingerprint density at radius 1 is 1.39 bits per heavy atom. The fourth-order valence-electron chi connectivity index (χ4n) is 2.49. The molecule has 1 atom stereocenters. The van der Waals surface area contributed by atoms with Gasteiger partial charge in [-0.15, -0.1) is 0 Å². The van der Waals surface area contributed by atoms with E-state index in [2.05, 4.69) is 46.0 Å². The van der Waals surface area contributed by atoms with E-state index in [4.69, 9.17) is 12.2 Å². The van der Waals surface area contributed by atoms with E-state index in [0.717, 1.165) is 17.0 Å². The van der Waals surface area contributed by atoms with Gasteiger partial charge in [-0.2, -0.15) is 5.10 Å². The molecular weight excluding hydrogens is 242 g/mol. The van der Waals surface area contributed by atoms with Crippen LogP contribution in [0.2, 0.25) is 0 Å². The van der Waals surface area contributed by atoms with Gasteiger partial charge >= 0.3 is 0 Å². The maximum absolute atomic E-state index is 5.41. The monoisotopic (exact) mass is 259 g/mol. The zero-order chi connectivity index (χ0) is 12.5. The van der Waals surface area contributed by atoms with Gasteiger partial charge in [0.15, 0.2) is 4.77 Å². The number of nitrogens with one attached hydrogen (secondary N) is 1. The van der Waals surface area contributed by atoms with Crippen molar-refractivity contribution in [3.63, 3.8) is 0 Å². The van der Waals surface area contributed by atoms with Crippen molar-refractivity contribution in [1.82, 2.24) is 14.8 Å². The Morgan fingerprint density at radius 3 is 2.72 bits per heavy atom. The van der Waals surface area contributed by atoms with E-state index < -0.39 is 0 Å². The lowest BCUT2D eigenvalue weighted by atomic mass is 10.0. The maximum atomic E-state index is 5.41. The SMILES string of the molecule is CCC(c1ccccc1)n1c(C2CC2)n[nH]c1=S. The van der Waals surface area contributed by atoms with Crippen LogP contribution in [0.3, 0.4) is 0 Å². The Balaban J connectivity index is 2.06. The van der Waals surface area contributed by atoms with Gasteiger partial charge in [-0.3, -0.25) is 9.67 Å². The Morgan fingerprint density at radius 2 is 2.11 bits per heavy atom. The van der Waals surface area contributed by atoms with Crippen LogP contribution in [0, 0.1) is 4.77 Å². The average molecular weight is 259 g/mol. The predicted molar refractivity (Wildman–Crippen MR) is 74.3 cm³/mol. The number of aromatic amines is 1. The highest BCUT2D eigenvalue weighted by molar-refractivity contribution is 7.71. The van der Waals surface area contributed by atoms with Gasteiger partial charge in [0.05, 0.1) is 6.04 Å². The van der Waals surface area contributed by atoms with Crippen LogP contribution in [0.15, 0.2) is 30.3 Å². The van der Waals surface area contributed by atoms with Crippen LogP contribution in [0.1, 0.15) is 49.5 Å². The highest BCUT2D eigenvalue weighted by Gasteiger charge is 2.31. The van der Waals surface area contributed by atoms with Crippen molar-refractivity contribution >= 4 is 12.2 Å². The molecule has 1 aromatic heterocycles. The third kappa shape index (κ3) is 2.01. The fraction of sp³-hybridized carbons (Fsp3) is 0.429. The number of nitrogens with zero attached hydrogens (tertiary/aromatic N) is 2. The van der Waals surface area contributed by atoms with Gasteiger partial charge in [-0.05, 0) is 37.0 Å². The highest BCUT2D eigenvalue weighted by atomic mass is 32.1.